The minimum absolute atomic E-state index is 0.222. The number of carboxylic acids is 1. The predicted molar refractivity (Wildman–Crippen MR) is 79.4 cm³/mol. The van der Waals surface area contributed by atoms with Crippen molar-refractivity contribution in [3.05, 3.63) is 60.7 Å². The summed E-state index contributed by atoms with van der Waals surface area (Å²) in [6.45, 7) is 1.60. The SMILES string of the molecule is CCC(=O)O.c1ccc2cc3ccccc3cc2c1. The fourth-order valence-electron chi connectivity index (χ4n) is 1.88. The van der Waals surface area contributed by atoms with Gasteiger partial charge in [-0.25, -0.2) is 0 Å². The van der Waals surface area contributed by atoms with Crippen LogP contribution in [0.2, 0.25) is 0 Å². The Morgan fingerprint density at radius 1 is 0.842 bits per heavy atom. The first-order chi connectivity index (χ1) is 9.20. The molecule has 2 heteroatoms. The van der Waals surface area contributed by atoms with Crippen molar-refractivity contribution in [3.63, 3.8) is 0 Å². The van der Waals surface area contributed by atoms with Crippen LogP contribution in [-0.4, -0.2) is 11.1 Å². The quantitative estimate of drug-likeness (QED) is 0.648. The van der Waals surface area contributed by atoms with Crippen molar-refractivity contribution in [3.8, 4) is 0 Å². The lowest BCUT2D eigenvalue weighted by molar-refractivity contribution is -0.136. The average molecular weight is 252 g/mol. The minimum atomic E-state index is -0.745. The van der Waals surface area contributed by atoms with E-state index in [0.29, 0.717) is 0 Å². The van der Waals surface area contributed by atoms with Crippen LogP contribution in [0, 0.1) is 0 Å². The molecule has 0 radical (unpaired) electrons. The summed E-state index contributed by atoms with van der Waals surface area (Å²) in [7, 11) is 0. The highest BCUT2D eigenvalue weighted by atomic mass is 16.4. The Bertz CT molecular complexity index is 597. The maximum absolute atomic E-state index is 9.37. The lowest BCUT2D eigenvalue weighted by Crippen LogP contribution is -1.86. The van der Waals surface area contributed by atoms with Crippen LogP contribution in [0.1, 0.15) is 13.3 Å². The smallest absolute Gasteiger partial charge is 0.303 e. The lowest BCUT2D eigenvalue weighted by Gasteiger charge is -2.00. The molecule has 1 N–H and O–H groups in total. The summed E-state index contributed by atoms with van der Waals surface area (Å²) in [6.07, 6.45) is 0.222. The van der Waals surface area contributed by atoms with Gasteiger partial charge in [0.25, 0.3) is 0 Å². The van der Waals surface area contributed by atoms with Crippen LogP contribution >= 0.6 is 0 Å². The van der Waals surface area contributed by atoms with Gasteiger partial charge in [0.2, 0.25) is 0 Å². The summed E-state index contributed by atoms with van der Waals surface area (Å²) < 4.78 is 0. The zero-order chi connectivity index (χ0) is 13.7. The highest BCUT2D eigenvalue weighted by Crippen LogP contribution is 2.21. The third-order valence-electron chi connectivity index (χ3n) is 2.92. The zero-order valence-corrected chi connectivity index (χ0v) is 10.8. The van der Waals surface area contributed by atoms with Crippen molar-refractivity contribution < 1.29 is 9.90 Å². The van der Waals surface area contributed by atoms with E-state index in [9.17, 15) is 4.79 Å². The Balaban J connectivity index is 0.000000232. The molecule has 96 valence electrons. The molecule has 3 rings (SSSR count). The van der Waals surface area contributed by atoms with Gasteiger partial charge in [0.15, 0.2) is 0 Å². The van der Waals surface area contributed by atoms with Crippen molar-refractivity contribution in [1.82, 2.24) is 0 Å². The fraction of sp³-hybridized carbons (Fsp3) is 0.118. The van der Waals surface area contributed by atoms with Crippen molar-refractivity contribution in [2.24, 2.45) is 0 Å². The maximum atomic E-state index is 9.37. The van der Waals surface area contributed by atoms with Gasteiger partial charge in [-0.3, -0.25) is 4.79 Å². The van der Waals surface area contributed by atoms with E-state index in [-0.39, 0.29) is 6.42 Å². The Morgan fingerprint density at radius 3 is 1.32 bits per heavy atom. The summed E-state index contributed by atoms with van der Waals surface area (Å²) in [4.78, 5) is 9.37. The molecule has 0 atom stereocenters. The van der Waals surface area contributed by atoms with Crippen LogP contribution in [-0.2, 0) is 4.79 Å². The summed E-state index contributed by atoms with van der Waals surface area (Å²) in [5.74, 6) is -0.745. The van der Waals surface area contributed by atoms with E-state index < -0.39 is 5.97 Å². The molecule has 19 heavy (non-hydrogen) atoms. The number of rotatable bonds is 1. The molecule has 0 bridgehead atoms. The molecule has 3 aromatic carbocycles. The highest BCUT2D eigenvalue weighted by Gasteiger charge is 1.95. The number of hydrogen-bond donors (Lipinski definition) is 1. The van der Waals surface area contributed by atoms with Gasteiger partial charge in [-0.05, 0) is 33.7 Å². The molecule has 0 unspecified atom stereocenters. The van der Waals surface area contributed by atoms with Gasteiger partial charge in [0.1, 0.15) is 0 Å². The van der Waals surface area contributed by atoms with Crippen LogP contribution in [0.25, 0.3) is 21.5 Å². The van der Waals surface area contributed by atoms with E-state index in [1.54, 1.807) is 6.92 Å². The van der Waals surface area contributed by atoms with E-state index in [1.807, 2.05) is 0 Å². The molecule has 0 saturated heterocycles. The fourth-order valence-corrected chi connectivity index (χ4v) is 1.88. The first-order valence-electron chi connectivity index (χ1n) is 6.30. The van der Waals surface area contributed by atoms with Crippen LogP contribution in [0.15, 0.2) is 60.7 Å². The molecule has 0 heterocycles. The standard InChI is InChI=1S/C14H10.C3H6O2/c1-2-6-12-10-14-8-4-3-7-13(14)9-11(12)5-1;1-2-3(4)5/h1-10H;2H2,1H3,(H,4,5). The van der Waals surface area contributed by atoms with Gasteiger partial charge in [-0.1, -0.05) is 55.5 Å². The summed E-state index contributed by atoms with van der Waals surface area (Å²) >= 11 is 0. The van der Waals surface area contributed by atoms with Crippen LogP contribution < -0.4 is 0 Å². The molecule has 0 fully saturated rings. The second kappa shape index (κ2) is 6.01. The Kier molecular flexibility index (Phi) is 4.14. The van der Waals surface area contributed by atoms with E-state index in [0.717, 1.165) is 0 Å². The number of benzene rings is 3. The van der Waals surface area contributed by atoms with Crippen LogP contribution in [0.4, 0.5) is 0 Å². The Morgan fingerprint density at radius 2 is 1.11 bits per heavy atom. The second-order valence-electron chi connectivity index (χ2n) is 4.29. The van der Waals surface area contributed by atoms with Gasteiger partial charge in [0.05, 0.1) is 0 Å². The Labute approximate surface area is 112 Å². The molecule has 2 nitrogen and oxygen atoms in total. The monoisotopic (exact) mass is 252 g/mol. The molecule has 0 aliphatic carbocycles. The normalized spacial score (nSPS) is 9.95. The van der Waals surface area contributed by atoms with E-state index in [1.165, 1.54) is 21.5 Å². The molecule has 0 aliphatic heterocycles. The largest absolute Gasteiger partial charge is 0.481 e. The first-order valence-corrected chi connectivity index (χ1v) is 6.30. The second-order valence-corrected chi connectivity index (χ2v) is 4.29. The van der Waals surface area contributed by atoms with Crippen molar-refractivity contribution >= 4 is 27.5 Å². The number of hydrogen-bond acceptors (Lipinski definition) is 1. The van der Waals surface area contributed by atoms with Gasteiger partial charge < -0.3 is 5.11 Å². The van der Waals surface area contributed by atoms with Gasteiger partial charge in [-0.2, -0.15) is 0 Å². The van der Waals surface area contributed by atoms with Crippen molar-refractivity contribution in [1.29, 1.82) is 0 Å². The van der Waals surface area contributed by atoms with Crippen LogP contribution in [0.3, 0.4) is 0 Å². The first kappa shape index (κ1) is 13.1. The third-order valence-corrected chi connectivity index (χ3v) is 2.92. The third kappa shape index (κ3) is 3.32. The molecule has 0 aromatic heterocycles. The van der Waals surface area contributed by atoms with Crippen molar-refractivity contribution in [2.45, 2.75) is 13.3 Å². The van der Waals surface area contributed by atoms with Crippen LogP contribution in [0.5, 0.6) is 0 Å². The number of fused-ring (bicyclic) bond motifs is 2. The average Bonchev–Trinajstić information content (AvgIpc) is 2.45. The lowest BCUT2D eigenvalue weighted by atomic mass is 10.0. The van der Waals surface area contributed by atoms with E-state index >= 15 is 0 Å². The predicted octanol–water partition coefficient (Wildman–Crippen LogP) is 4.47. The summed E-state index contributed by atoms with van der Waals surface area (Å²) in [5.41, 5.74) is 0. The Hall–Kier alpha value is -2.35. The molecular weight excluding hydrogens is 236 g/mol. The summed E-state index contributed by atoms with van der Waals surface area (Å²) in [5, 5.41) is 13.0. The number of aliphatic carboxylic acids is 1. The molecule has 0 aliphatic rings. The minimum Gasteiger partial charge on any atom is -0.481 e. The number of carboxylic acid groups (broad SMARTS) is 1. The van der Waals surface area contributed by atoms with Gasteiger partial charge in [-0.15, -0.1) is 0 Å². The van der Waals surface area contributed by atoms with Gasteiger partial charge in [0, 0.05) is 6.42 Å². The topological polar surface area (TPSA) is 37.3 Å². The summed E-state index contributed by atoms with van der Waals surface area (Å²) in [6, 6.07) is 21.4. The molecule has 0 saturated carbocycles. The van der Waals surface area contributed by atoms with E-state index in [2.05, 4.69) is 60.7 Å². The number of carbonyl (C=O) groups is 1. The van der Waals surface area contributed by atoms with Crippen molar-refractivity contribution in [2.75, 3.05) is 0 Å². The molecule has 0 spiro atoms. The maximum Gasteiger partial charge on any atom is 0.303 e. The molecule has 0 amide bonds. The highest BCUT2D eigenvalue weighted by molar-refractivity contribution is 5.98. The van der Waals surface area contributed by atoms with E-state index in [4.69, 9.17) is 5.11 Å². The van der Waals surface area contributed by atoms with Gasteiger partial charge >= 0.3 is 5.97 Å². The molecular formula is C17H16O2. The molecule has 3 aromatic rings. The zero-order valence-electron chi connectivity index (χ0n) is 10.8.